The maximum absolute atomic E-state index is 15.5. The summed E-state index contributed by atoms with van der Waals surface area (Å²) in [5.41, 5.74) is 0.00333. The first-order chi connectivity index (χ1) is 21.2. The number of rotatable bonds is 8. The van der Waals surface area contributed by atoms with Gasteiger partial charge in [0.05, 0.1) is 28.3 Å². The second-order valence-corrected chi connectivity index (χ2v) is 12.0. The Kier molecular flexibility index (Phi) is 8.63. The molecule has 3 aromatic carbocycles. The zero-order chi connectivity index (χ0) is 32.8. The van der Waals surface area contributed by atoms with Gasteiger partial charge in [-0.05, 0) is 30.7 Å². The van der Waals surface area contributed by atoms with Crippen LogP contribution in [-0.4, -0.2) is 51.2 Å². The zero-order valence-corrected chi connectivity index (χ0v) is 26.3. The van der Waals surface area contributed by atoms with Gasteiger partial charge in [-0.15, -0.1) is 0 Å². The van der Waals surface area contributed by atoms with Crippen LogP contribution in [0.1, 0.15) is 22.8 Å². The van der Waals surface area contributed by atoms with Crippen molar-refractivity contribution in [2.75, 3.05) is 25.5 Å². The van der Waals surface area contributed by atoms with E-state index < -0.39 is 34.4 Å². The number of likely N-dealkylation sites (tertiary alicyclic amines) is 1. The largest absolute Gasteiger partial charge is 0.496 e. The van der Waals surface area contributed by atoms with Gasteiger partial charge in [0, 0.05) is 62.2 Å². The first-order valence-electron chi connectivity index (χ1n) is 13.7. The molecule has 234 valence electrons. The van der Waals surface area contributed by atoms with Crippen molar-refractivity contribution >= 4 is 40.8 Å². The third-order valence-corrected chi connectivity index (χ3v) is 8.77. The highest BCUT2D eigenvalue weighted by molar-refractivity contribution is 6.39. The number of amides is 1. The number of hydrogen-bond donors (Lipinski definition) is 2. The molecule has 0 bridgehead atoms. The number of halogens is 3. The number of aryl methyl sites for hydroxylation is 1. The Balaban J connectivity index is 1.46. The van der Waals surface area contributed by atoms with Gasteiger partial charge in [-0.25, -0.2) is 9.18 Å². The lowest BCUT2D eigenvalue weighted by Crippen LogP contribution is -2.58. The molecular weight excluding hydrogens is 626 g/mol. The number of hydrogen-bond acceptors (Lipinski definition) is 6. The van der Waals surface area contributed by atoms with Crippen molar-refractivity contribution in [1.29, 1.82) is 0 Å². The van der Waals surface area contributed by atoms with Crippen LogP contribution >= 0.6 is 23.2 Å². The summed E-state index contributed by atoms with van der Waals surface area (Å²) in [6, 6.07) is 13.1. The molecule has 2 heterocycles. The van der Waals surface area contributed by atoms with E-state index in [1.807, 2.05) is 4.90 Å². The van der Waals surface area contributed by atoms with Gasteiger partial charge in [0.1, 0.15) is 17.1 Å². The van der Waals surface area contributed by atoms with E-state index in [-0.39, 0.29) is 27.8 Å². The van der Waals surface area contributed by atoms with Gasteiger partial charge in [0.25, 0.3) is 11.5 Å². The Morgan fingerprint density at radius 2 is 1.64 bits per heavy atom. The number of aliphatic carboxylic acids is 1. The third-order valence-electron chi connectivity index (χ3n) is 7.96. The SMILES string of the molecule is COc1cc(-c2cccc(-c3cccc(NC(=O)c4cn(C)c(=O)n(C)c4=O)c3Cl)c2Cl)cc(F)c1CN1CC(C)(C(=O)O)C1. The van der Waals surface area contributed by atoms with Gasteiger partial charge in [0.2, 0.25) is 0 Å². The maximum Gasteiger partial charge on any atom is 0.330 e. The van der Waals surface area contributed by atoms with Crippen LogP contribution in [0.2, 0.25) is 10.0 Å². The Morgan fingerprint density at radius 1 is 1.02 bits per heavy atom. The second-order valence-electron chi connectivity index (χ2n) is 11.2. The average Bonchev–Trinajstić information content (AvgIpc) is 2.98. The monoisotopic (exact) mass is 654 g/mol. The lowest BCUT2D eigenvalue weighted by molar-refractivity contribution is -0.159. The maximum atomic E-state index is 15.5. The fourth-order valence-electron chi connectivity index (χ4n) is 5.47. The number of ether oxygens (including phenoxy) is 1. The molecule has 4 aromatic rings. The van der Waals surface area contributed by atoms with Crippen molar-refractivity contribution < 1.29 is 23.8 Å². The molecule has 1 aliphatic rings. The molecule has 10 nitrogen and oxygen atoms in total. The topological polar surface area (TPSA) is 123 Å². The molecule has 1 aromatic heterocycles. The molecule has 0 spiro atoms. The zero-order valence-electron chi connectivity index (χ0n) is 24.8. The van der Waals surface area contributed by atoms with E-state index in [1.165, 1.54) is 27.3 Å². The molecule has 45 heavy (non-hydrogen) atoms. The van der Waals surface area contributed by atoms with E-state index in [0.29, 0.717) is 46.7 Å². The number of nitrogens with zero attached hydrogens (tertiary/aromatic N) is 3. The molecule has 1 amide bonds. The van der Waals surface area contributed by atoms with E-state index in [4.69, 9.17) is 27.9 Å². The molecule has 0 radical (unpaired) electrons. The number of carbonyl (C=O) groups is 2. The number of aromatic nitrogens is 2. The van der Waals surface area contributed by atoms with Crippen LogP contribution < -0.4 is 21.3 Å². The highest BCUT2D eigenvalue weighted by atomic mass is 35.5. The number of methoxy groups -OCH3 is 1. The van der Waals surface area contributed by atoms with Gasteiger partial charge in [-0.3, -0.25) is 23.9 Å². The van der Waals surface area contributed by atoms with E-state index >= 15 is 4.39 Å². The van der Waals surface area contributed by atoms with Crippen LogP contribution in [0, 0.1) is 11.2 Å². The molecule has 1 saturated heterocycles. The van der Waals surface area contributed by atoms with Crippen LogP contribution in [-0.2, 0) is 25.4 Å². The van der Waals surface area contributed by atoms with E-state index in [9.17, 15) is 24.3 Å². The molecule has 1 aliphatic heterocycles. The quantitative estimate of drug-likeness (QED) is 0.273. The second kappa shape index (κ2) is 12.2. The minimum Gasteiger partial charge on any atom is -0.496 e. The summed E-state index contributed by atoms with van der Waals surface area (Å²) >= 11 is 13.6. The Bertz CT molecular complexity index is 1980. The van der Waals surface area contributed by atoms with E-state index in [2.05, 4.69) is 5.32 Å². The molecule has 0 saturated carbocycles. The van der Waals surface area contributed by atoms with Gasteiger partial charge in [0.15, 0.2) is 0 Å². The third kappa shape index (κ3) is 5.86. The molecule has 0 atom stereocenters. The number of anilines is 1. The van der Waals surface area contributed by atoms with Crippen molar-refractivity contribution in [2.24, 2.45) is 19.5 Å². The summed E-state index contributed by atoms with van der Waals surface area (Å²) in [6.07, 6.45) is 1.16. The fraction of sp³-hybridized carbons (Fsp3) is 0.250. The summed E-state index contributed by atoms with van der Waals surface area (Å²) in [7, 11) is 4.14. The molecule has 13 heteroatoms. The van der Waals surface area contributed by atoms with Gasteiger partial charge in [-0.1, -0.05) is 53.5 Å². The Labute approximate surface area is 267 Å². The molecule has 0 unspecified atom stereocenters. The molecule has 0 aliphatic carbocycles. The van der Waals surface area contributed by atoms with Crippen LogP contribution in [0.3, 0.4) is 0 Å². The lowest BCUT2D eigenvalue weighted by Gasteiger charge is -2.45. The van der Waals surface area contributed by atoms with Crippen molar-refractivity contribution in [2.45, 2.75) is 13.5 Å². The number of carbonyl (C=O) groups excluding carboxylic acids is 1. The lowest BCUT2D eigenvalue weighted by atomic mass is 9.82. The van der Waals surface area contributed by atoms with Gasteiger partial charge >= 0.3 is 11.7 Å². The number of nitrogens with one attached hydrogen (secondary N) is 1. The smallest absolute Gasteiger partial charge is 0.330 e. The Hall–Kier alpha value is -4.45. The van der Waals surface area contributed by atoms with Crippen molar-refractivity contribution in [3.8, 4) is 28.0 Å². The van der Waals surface area contributed by atoms with Crippen LogP contribution in [0.5, 0.6) is 5.75 Å². The molecule has 1 fully saturated rings. The molecule has 2 N–H and O–H groups in total. The van der Waals surface area contributed by atoms with Crippen molar-refractivity contribution in [1.82, 2.24) is 14.0 Å². The summed E-state index contributed by atoms with van der Waals surface area (Å²) < 4.78 is 23.0. The highest BCUT2D eigenvalue weighted by Gasteiger charge is 2.45. The number of benzene rings is 3. The molecular formula is C32H29Cl2FN4O6. The van der Waals surface area contributed by atoms with Crippen LogP contribution in [0.15, 0.2) is 64.3 Å². The van der Waals surface area contributed by atoms with Gasteiger partial charge in [-0.2, -0.15) is 0 Å². The standard InChI is InChI=1S/C32H29Cl2FN4O6/c1-32(30(42)43)15-39(16-32)14-21-23(35)11-17(12-25(21)45-4)18-7-5-8-19(26(18)33)20-9-6-10-24(27(20)34)36-28(40)22-13-37(2)31(44)38(3)29(22)41/h5-13H,14-16H2,1-4H3,(H,36,40)(H,42,43). The first-order valence-corrected chi connectivity index (χ1v) is 14.5. The minimum absolute atomic E-state index is 0.147. The Morgan fingerprint density at radius 3 is 2.29 bits per heavy atom. The summed E-state index contributed by atoms with van der Waals surface area (Å²) in [5, 5.41) is 12.4. The molecule has 5 rings (SSSR count). The highest BCUT2D eigenvalue weighted by Crippen LogP contribution is 2.43. The van der Waals surface area contributed by atoms with E-state index in [0.717, 1.165) is 15.3 Å². The first kappa shape index (κ1) is 32.0. The average molecular weight is 656 g/mol. The summed E-state index contributed by atoms with van der Waals surface area (Å²) in [6.45, 7) is 2.43. The normalized spacial score (nSPS) is 14.1. The summed E-state index contributed by atoms with van der Waals surface area (Å²) in [5.74, 6) is -1.87. The fourth-order valence-corrected chi connectivity index (χ4v) is 6.08. The van der Waals surface area contributed by atoms with E-state index in [1.54, 1.807) is 49.4 Å². The van der Waals surface area contributed by atoms with Crippen LogP contribution in [0.4, 0.5) is 10.1 Å². The minimum atomic E-state index is -0.890. The number of carboxylic acids is 1. The predicted octanol–water partition coefficient (Wildman–Crippen LogP) is 5.03. The number of carboxylic acid groups (broad SMARTS) is 1. The van der Waals surface area contributed by atoms with Crippen LogP contribution in [0.25, 0.3) is 22.3 Å². The van der Waals surface area contributed by atoms with Crippen molar-refractivity contribution in [3.05, 3.63) is 103 Å². The van der Waals surface area contributed by atoms with Crippen molar-refractivity contribution in [3.63, 3.8) is 0 Å². The summed E-state index contributed by atoms with van der Waals surface area (Å²) in [4.78, 5) is 50.9. The van der Waals surface area contributed by atoms with Gasteiger partial charge < -0.3 is 19.7 Å². The predicted molar refractivity (Wildman–Crippen MR) is 170 cm³/mol.